The molecule has 2 rings (SSSR count). The maximum absolute atomic E-state index is 12.8. The monoisotopic (exact) mass is 340 g/mol. The molecule has 0 aliphatic heterocycles. The van der Waals surface area contributed by atoms with Crippen LogP contribution in [0, 0.1) is 5.82 Å². The summed E-state index contributed by atoms with van der Waals surface area (Å²) in [5, 5.41) is 13.8. The van der Waals surface area contributed by atoms with E-state index >= 15 is 0 Å². The molecule has 0 saturated carbocycles. The van der Waals surface area contributed by atoms with Crippen molar-refractivity contribution in [2.75, 3.05) is 5.32 Å². The molecule has 2 aromatic rings. The van der Waals surface area contributed by atoms with E-state index in [4.69, 9.17) is 0 Å². The molecule has 8 heteroatoms. The first-order valence-corrected chi connectivity index (χ1v) is 8.42. The summed E-state index contributed by atoms with van der Waals surface area (Å²) in [4.78, 5) is 11.7. The van der Waals surface area contributed by atoms with Crippen LogP contribution >= 0.6 is 23.1 Å². The molecule has 22 heavy (non-hydrogen) atoms. The van der Waals surface area contributed by atoms with Crippen LogP contribution in [0.5, 0.6) is 0 Å². The number of anilines is 1. The Morgan fingerprint density at radius 3 is 2.59 bits per heavy atom. The Morgan fingerprint density at radius 2 is 1.95 bits per heavy atom. The minimum absolute atomic E-state index is 0.249. The molecule has 5 nitrogen and oxygen atoms in total. The van der Waals surface area contributed by atoms with Crippen molar-refractivity contribution < 1.29 is 9.18 Å². The Balaban J connectivity index is 1.86. The van der Waals surface area contributed by atoms with Gasteiger partial charge in [-0.1, -0.05) is 35.2 Å². The Bertz CT molecular complexity index is 637. The van der Waals surface area contributed by atoms with Crippen molar-refractivity contribution in [3.05, 3.63) is 35.6 Å². The van der Waals surface area contributed by atoms with E-state index in [0.29, 0.717) is 10.9 Å². The largest absolute Gasteiger partial charge is 0.333 e. The number of carbonyl (C=O) groups excluding carboxylic acids is 1. The van der Waals surface area contributed by atoms with Gasteiger partial charge in [0.05, 0.1) is 0 Å². The third kappa shape index (κ3) is 5.61. The highest BCUT2D eigenvalue weighted by molar-refractivity contribution is 8.00. The second kappa shape index (κ2) is 7.06. The van der Waals surface area contributed by atoms with Gasteiger partial charge in [-0.05, 0) is 38.5 Å². The third-order valence-electron chi connectivity index (χ3n) is 2.39. The molecule has 0 spiro atoms. The minimum atomic E-state index is -0.311. The molecule has 0 unspecified atom stereocenters. The molecule has 0 radical (unpaired) electrons. The number of halogens is 1. The number of hydrogen-bond acceptors (Lipinski definition) is 5. The zero-order chi connectivity index (χ0) is 16.2. The van der Waals surface area contributed by atoms with Gasteiger partial charge in [-0.2, -0.15) is 0 Å². The maximum Gasteiger partial charge on any atom is 0.321 e. The highest BCUT2D eigenvalue weighted by Gasteiger charge is 2.15. The molecular weight excluding hydrogens is 323 g/mol. The van der Waals surface area contributed by atoms with Gasteiger partial charge in [0, 0.05) is 11.3 Å². The fourth-order valence-corrected chi connectivity index (χ4v) is 3.22. The van der Waals surface area contributed by atoms with Gasteiger partial charge in [-0.15, -0.1) is 10.2 Å². The van der Waals surface area contributed by atoms with Crippen LogP contribution in [0.1, 0.15) is 26.3 Å². The topological polar surface area (TPSA) is 66.9 Å². The fraction of sp³-hybridized carbons (Fsp3) is 0.357. The van der Waals surface area contributed by atoms with E-state index in [1.807, 2.05) is 20.8 Å². The first-order valence-electron chi connectivity index (χ1n) is 6.62. The van der Waals surface area contributed by atoms with E-state index in [0.717, 1.165) is 9.90 Å². The molecule has 0 aliphatic rings. The van der Waals surface area contributed by atoms with Crippen molar-refractivity contribution in [2.45, 2.75) is 36.4 Å². The van der Waals surface area contributed by atoms with Crippen LogP contribution < -0.4 is 10.6 Å². The molecule has 1 aromatic heterocycles. The van der Waals surface area contributed by atoms with E-state index < -0.39 is 0 Å². The van der Waals surface area contributed by atoms with Crippen LogP contribution in [0.15, 0.2) is 28.6 Å². The molecule has 0 fully saturated rings. The van der Waals surface area contributed by atoms with E-state index in [2.05, 4.69) is 20.8 Å². The zero-order valence-electron chi connectivity index (χ0n) is 12.5. The lowest BCUT2D eigenvalue weighted by Gasteiger charge is -2.19. The highest BCUT2D eigenvalue weighted by Crippen LogP contribution is 2.28. The number of nitrogens with zero attached hydrogens (tertiary/aromatic N) is 2. The molecule has 0 atom stereocenters. The van der Waals surface area contributed by atoms with Crippen LogP contribution in [0.4, 0.5) is 14.3 Å². The lowest BCUT2D eigenvalue weighted by molar-refractivity contribution is 0.244. The van der Waals surface area contributed by atoms with Gasteiger partial charge in [0.25, 0.3) is 0 Å². The molecule has 0 aliphatic carbocycles. The Morgan fingerprint density at radius 1 is 1.27 bits per heavy atom. The first kappa shape index (κ1) is 16.7. The number of carbonyl (C=O) groups is 1. The van der Waals surface area contributed by atoms with Gasteiger partial charge in [0.15, 0.2) is 4.34 Å². The average molecular weight is 340 g/mol. The van der Waals surface area contributed by atoms with E-state index in [-0.39, 0.29) is 17.4 Å². The number of rotatable bonds is 4. The van der Waals surface area contributed by atoms with Gasteiger partial charge < -0.3 is 5.32 Å². The van der Waals surface area contributed by atoms with E-state index in [1.165, 1.54) is 35.2 Å². The van der Waals surface area contributed by atoms with E-state index in [9.17, 15) is 9.18 Å². The number of hydrogen-bond donors (Lipinski definition) is 2. The summed E-state index contributed by atoms with van der Waals surface area (Å²) in [5.74, 6) is 0.421. The Hall–Kier alpha value is -1.67. The van der Waals surface area contributed by atoms with Crippen molar-refractivity contribution >= 4 is 34.3 Å². The number of benzene rings is 1. The Labute approximate surface area is 136 Å². The van der Waals surface area contributed by atoms with Crippen molar-refractivity contribution in [3.63, 3.8) is 0 Å². The predicted octanol–water partition coefficient (Wildman–Crippen LogP) is 3.89. The third-order valence-corrected chi connectivity index (χ3v) is 4.43. The SMILES string of the molecule is CC(C)(C)NC(=O)Nc1nnc(SCc2ccc(F)cc2)s1. The van der Waals surface area contributed by atoms with Crippen LogP contribution in [0.3, 0.4) is 0 Å². The minimum Gasteiger partial charge on any atom is -0.333 e. The quantitative estimate of drug-likeness (QED) is 0.654. The number of urea groups is 1. The predicted molar refractivity (Wildman–Crippen MR) is 87.8 cm³/mol. The first-order chi connectivity index (χ1) is 10.3. The summed E-state index contributed by atoms with van der Waals surface area (Å²) >= 11 is 2.80. The van der Waals surface area contributed by atoms with Gasteiger partial charge in [-0.25, -0.2) is 9.18 Å². The summed E-state index contributed by atoms with van der Waals surface area (Å²) in [6.45, 7) is 5.70. The molecule has 2 N–H and O–H groups in total. The zero-order valence-corrected chi connectivity index (χ0v) is 14.1. The smallest absolute Gasteiger partial charge is 0.321 e. The molecule has 1 aromatic carbocycles. The highest BCUT2D eigenvalue weighted by atomic mass is 32.2. The van der Waals surface area contributed by atoms with Crippen molar-refractivity contribution in [1.29, 1.82) is 0 Å². The number of thioether (sulfide) groups is 1. The van der Waals surface area contributed by atoms with Crippen LogP contribution in [0.2, 0.25) is 0 Å². The van der Waals surface area contributed by atoms with Gasteiger partial charge in [0.2, 0.25) is 5.13 Å². The molecule has 2 amide bonds. The summed E-state index contributed by atoms with van der Waals surface area (Å²) < 4.78 is 13.6. The second-order valence-electron chi connectivity index (χ2n) is 5.62. The Kier molecular flexibility index (Phi) is 5.36. The summed E-state index contributed by atoms with van der Waals surface area (Å²) in [6.07, 6.45) is 0. The lowest BCUT2D eigenvalue weighted by Crippen LogP contribution is -2.43. The van der Waals surface area contributed by atoms with E-state index in [1.54, 1.807) is 12.1 Å². The van der Waals surface area contributed by atoms with Gasteiger partial charge in [-0.3, -0.25) is 5.32 Å². The normalized spacial score (nSPS) is 11.3. The summed E-state index contributed by atoms with van der Waals surface area (Å²) in [6, 6.07) is 6.02. The van der Waals surface area contributed by atoms with Crippen LogP contribution in [0.25, 0.3) is 0 Å². The van der Waals surface area contributed by atoms with Crippen molar-refractivity contribution in [2.24, 2.45) is 0 Å². The summed E-state index contributed by atoms with van der Waals surface area (Å²) in [7, 11) is 0. The fourth-order valence-electron chi connectivity index (χ4n) is 1.51. The second-order valence-corrected chi connectivity index (χ2v) is 7.82. The number of nitrogens with one attached hydrogen (secondary N) is 2. The standard InChI is InChI=1S/C14H17FN4OS2/c1-14(2,3)17-11(20)16-12-18-19-13(22-12)21-8-9-4-6-10(15)7-5-9/h4-7H,8H2,1-3H3,(H2,16,17,18,20). The van der Waals surface area contributed by atoms with Gasteiger partial charge in [0.1, 0.15) is 5.82 Å². The van der Waals surface area contributed by atoms with Gasteiger partial charge >= 0.3 is 6.03 Å². The van der Waals surface area contributed by atoms with Crippen LogP contribution in [-0.2, 0) is 5.75 Å². The average Bonchev–Trinajstić information content (AvgIpc) is 2.83. The maximum atomic E-state index is 12.8. The number of amides is 2. The lowest BCUT2D eigenvalue weighted by atomic mass is 10.1. The van der Waals surface area contributed by atoms with Crippen LogP contribution in [-0.4, -0.2) is 21.8 Å². The molecule has 1 heterocycles. The number of aromatic nitrogens is 2. The van der Waals surface area contributed by atoms with Crippen molar-refractivity contribution in [1.82, 2.24) is 15.5 Å². The molecule has 0 bridgehead atoms. The molecular formula is C14H17FN4OS2. The summed E-state index contributed by atoms with van der Waals surface area (Å²) in [5.41, 5.74) is 0.691. The molecule has 118 valence electrons. The molecule has 0 saturated heterocycles. The van der Waals surface area contributed by atoms with Crippen molar-refractivity contribution in [3.8, 4) is 0 Å².